The number of amides is 1. The summed E-state index contributed by atoms with van der Waals surface area (Å²) in [4.78, 5) is 12.4. The summed E-state index contributed by atoms with van der Waals surface area (Å²) in [6.07, 6.45) is 1.05. The van der Waals surface area contributed by atoms with Crippen LogP contribution in [0.3, 0.4) is 0 Å². The topological polar surface area (TPSA) is 41.1 Å². The summed E-state index contributed by atoms with van der Waals surface area (Å²) in [5.74, 6) is -0.0886. The second kappa shape index (κ2) is 6.00. The Labute approximate surface area is 132 Å². The Morgan fingerprint density at radius 2 is 2.10 bits per heavy atom. The largest absolute Gasteiger partial charge is 0.322 e. The van der Waals surface area contributed by atoms with Gasteiger partial charge >= 0.3 is 0 Å². The molecule has 3 nitrogen and oxygen atoms in total. The quantitative estimate of drug-likeness (QED) is 0.872. The number of nitrogens with one attached hydrogen (secondary N) is 2. The van der Waals surface area contributed by atoms with Crippen LogP contribution >= 0.6 is 15.9 Å². The lowest BCUT2D eigenvalue weighted by Gasteiger charge is -2.18. The van der Waals surface area contributed by atoms with Crippen LogP contribution in [0.4, 0.5) is 5.69 Å². The Kier molecular flexibility index (Phi) is 4.08. The maximum Gasteiger partial charge on any atom is 0.256 e. The van der Waals surface area contributed by atoms with Crippen molar-refractivity contribution in [2.75, 3.05) is 11.9 Å². The van der Waals surface area contributed by atoms with Gasteiger partial charge in [0, 0.05) is 16.7 Å². The molecule has 1 aliphatic rings. The number of carbonyl (C=O) groups is 1. The molecule has 0 spiro atoms. The molecule has 0 bridgehead atoms. The van der Waals surface area contributed by atoms with E-state index in [1.165, 1.54) is 11.1 Å². The minimum Gasteiger partial charge on any atom is -0.322 e. The van der Waals surface area contributed by atoms with E-state index in [2.05, 4.69) is 38.7 Å². The summed E-state index contributed by atoms with van der Waals surface area (Å²) in [7, 11) is 0. The molecule has 1 amide bonds. The molecule has 0 aliphatic carbocycles. The number of carbonyl (C=O) groups excluding carboxylic acids is 1. The van der Waals surface area contributed by atoms with E-state index in [1.54, 1.807) is 0 Å². The van der Waals surface area contributed by atoms with Crippen molar-refractivity contribution in [3.05, 3.63) is 63.1 Å². The van der Waals surface area contributed by atoms with Crippen molar-refractivity contribution < 1.29 is 4.79 Å². The number of aryl methyl sites for hydroxylation is 1. The average Bonchev–Trinajstić information content (AvgIpc) is 2.50. The van der Waals surface area contributed by atoms with Gasteiger partial charge in [-0.1, -0.05) is 18.2 Å². The highest BCUT2D eigenvalue weighted by Gasteiger charge is 2.13. The van der Waals surface area contributed by atoms with E-state index in [-0.39, 0.29) is 5.91 Å². The van der Waals surface area contributed by atoms with Gasteiger partial charge in [-0.25, -0.2) is 0 Å². The van der Waals surface area contributed by atoms with Crippen LogP contribution in [0.1, 0.15) is 27.0 Å². The van der Waals surface area contributed by atoms with Gasteiger partial charge in [0.1, 0.15) is 0 Å². The molecule has 1 heterocycles. The zero-order valence-electron chi connectivity index (χ0n) is 11.9. The molecular weight excluding hydrogens is 328 g/mol. The summed E-state index contributed by atoms with van der Waals surface area (Å²) in [5, 5.41) is 6.33. The Morgan fingerprint density at radius 1 is 1.24 bits per heavy atom. The monoisotopic (exact) mass is 344 g/mol. The van der Waals surface area contributed by atoms with Crippen LogP contribution in [0, 0.1) is 6.92 Å². The molecule has 4 heteroatoms. The number of anilines is 1. The summed E-state index contributed by atoms with van der Waals surface area (Å²) < 4.78 is 0.849. The molecule has 0 aromatic heterocycles. The standard InChI is InChI=1S/C17H17BrN2O/c1-11-3-2-4-15(16(11)18)17(21)20-14-6-5-12-7-8-19-10-13(12)9-14/h2-6,9,19H,7-8,10H2,1H3,(H,20,21). The van der Waals surface area contributed by atoms with Gasteiger partial charge in [-0.15, -0.1) is 0 Å². The first kappa shape index (κ1) is 14.3. The minimum atomic E-state index is -0.0886. The fourth-order valence-electron chi connectivity index (χ4n) is 2.58. The Hall–Kier alpha value is -1.65. The van der Waals surface area contributed by atoms with E-state index in [9.17, 15) is 4.79 Å². The van der Waals surface area contributed by atoms with Crippen molar-refractivity contribution in [1.29, 1.82) is 0 Å². The zero-order valence-corrected chi connectivity index (χ0v) is 13.5. The second-order valence-electron chi connectivity index (χ2n) is 5.30. The van der Waals surface area contributed by atoms with E-state index < -0.39 is 0 Å². The number of fused-ring (bicyclic) bond motifs is 1. The van der Waals surface area contributed by atoms with Gasteiger partial charge in [0.15, 0.2) is 0 Å². The molecule has 108 valence electrons. The highest BCUT2D eigenvalue weighted by molar-refractivity contribution is 9.10. The van der Waals surface area contributed by atoms with E-state index in [0.717, 1.165) is 35.2 Å². The van der Waals surface area contributed by atoms with Gasteiger partial charge < -0.3 is 10.6 Å². The smallest absolute Gasteiger partial charge is 0.256 e. The molecular formula is C17H17BrN2O. The van der Waals surface area contributed by atoms with Crippen LogP contribution in [0.5, 0.6) is 0 Å². The molecule has 2 aromatic carbocycles. The van der Waals surface area contributed by atoms with Crippen LogP contribution in [0.25, 0.3) is 0 Å². The first-order valence-corrected chi connectivity index (χ1v) is 7.83. The summed E-state index contributed by atoms with van der Waals surface area (Å²) in [5.41, 5.74) is 5.19. The molecule has 2 aromatic rings. The predicted molar refractivity (Wildman–Crippen MR) is 88.7 cm³/mol. The normalized spacial score (nSPS) is 13.6. The fourth-order valence-corrected chi connectivity index (χ4v) is 3.02. The summed E-state index contributed by atoms with van der Waals surface area (Å²) in [6, 6.07) is 11.8. The third-order valence-corrected chi connectivity index (χ3v) is 4.84. The lowest BCUT2D eigenvalue weighted by atomic mass is 10.0. The van der Waals surface area contributed by atoms with Crippen LogP contribution in [-0.4, -0.2) is 12.5 Å². The average molecular weight is 345 g/mol. The van der Waals surface area contributed by atoms with Crippen molar-refractivity contribution in [2.45, 2.75) is 19.9 Å². The molecule has 0 saturated heterocycles. The van der Waals surface area contributed by atoms with Crippen LogP contribution < -0.4 is 10.6 Å². The van der Waals surface area contributed by atoms with E-state index in [1.807, 2.05) is 31.2 Å². The highest BCUT2D eigenvalue weighted by Crippen LogP contribution is 2.23. The number of hydrogen-bond donors (Lipinski definition) is 2. The van der Waals surface area contributed by atoms with Crippen molar-refractivity contribution in [1.82, 2.24) is 5.32 Å². The van der Waals surface area contributed by atoms with Gasteiger partial charge in [-0.3, -0.25) is 4.79 Å². The zero-order chi connectivity index (χ0) is 14.8. The Bertz CT molecular complexity index is 697. The van der Waals surface area contributed by atoms with E-state index in [0.29, 0.717) is 5.56 Å². The highest BCUT2D eigenvalue weighted by atomic mass is 79.9. The van der Waals surface area contributed by atoms with Gasteiger partial charge in [0.25, 0.3) is 5.91 Å². The third kappa shape index (κ3) is 3.01. The SMILES string of the molecule is Cc1cccc(C(=O)Nc2ccc3c(c2)CNCC3)c1Br. The minimum absolute atomic E-state index is 0.0886. The molecule has 0 saturated carbocycles. The second-order valence-corrected chi connectivity index (χ2v) is 6.09. The molecule has 0 unspecified atom stereocenters. The van der Waals surface area contributed by atoms with Crippen LogP contribution in [0.2, 0.25) is 0 Å². The van der Waals surface area contributed by atoms with Gasteiger partial charge in [0.2, 0.25) is 0 Å². The first-order chi connectivity index (χ1) is 10.1. The summed E-state index contributed by atoms with van der Waals surface area (Å²) in [6.45, 7) is 3.87. The Morgan fingerprint density at radius 3 is 2.95 bits per heavy atom. The molecule has 0 atom stereocenters. The van der Waals surface area contributed by atoms with E-state index in [4.69, 9.17) is 0 Å². The van der Waals surface area contributed by atoms with Crippen LogP contribution in [-0.2, 0) is 13.0 Å². The van der Waals surface area contributed by atoms with Gasteiger partial charge in [-0.2, -0.15) is 0 Å². The van der Waals surface area contributed by atoms with Gasteiger partial charge in [-0.05, 0) is 70.7 Å². The molecule has 0 fully saturated rings. The molecule has 1 aliphatic heterocycles. The number of hydrogen-bond acceptors (Lipinski definition) is 2. The molecule has 2 N–H and O–H groups in total. The number of rotatable bonds is 2. The van der Waals surface area contributed by atoms with Crippen LogP contribution in [0.15, 0.2) is 40.9 Å². The molecule has 21 heavy (non-hydrogen) atoms. The maximum atomic E-state index is 12.4. The van der Waals surface area contributed by atoms with Crippen molar-refractivity contribution >= 4 is 27.5 Å². The fraction of sp³-hybridized carbons (Fsp3) is 0.235. The maximum absolute atomic E-state index is 12.4. The molecule has 0 radical (unpaired) electrons. The first-order valence-electron chi connectivity index (χ1n) is 7.04. The predicted octanol–water partition coefficient (Wildman–Crippen LogP) is 3.66. The van der Waals surface area contributed by atoms with Crippen molar-refractivity contribution in [2.24, 2.45) is 0 Å². The molecule has 3 rings (SSSR count). The lowest BCUT2D eigenvalue weighted by Crippen LogP contribution is -2.23. The Balaban J connectivity index is 1.83. The number of halogens is 1. The van der Waals surface area contributed by atoms with Gasteiger partial charge in [0.05, 0.1) is 5.56 Å². The van der Waals surface area contributed by atoms with E-state index >= 15 is 0 Å². The third-order valence-electron chi connectivity index (χ3n) is 3.79. The lowest BCUT2D eigenvalue weighted by molar-refractivity contribution is 0.102. The van der Waals surface area contributed by atoms with Crippen molar-refractivity contribution in [3.63, 3.8) is 0 Å². The summed E-state index contributed by atoms with van der Waals surface area (Å²) >= 11 is 3.48. The van der Waals surface area contributed by atoms with Crippen molar-refractivity contribution in [3.8, 4) is 0 Å². The number of benzene rings is 2.